The minimum atomic E-state index is -4.67. The van der Waals surface area contributed by atoms with Gasteiger partial charge in [0, 0.05) is 11.3 Å². The third kappa shape index (κ3) is 1.04. The number of halogens is 1. The predicted molar refractivity (Wildman–Crippen MR) is 61.0 cm³/mol. The van der Waals surface area contributed by atoms with Crippen LogP contribution in [0.4, 0.5) is 0 Å². The first-order valence-electron chi connectivity index (χ1n) is 5.19. The molecule has 16 heavy (non-hydrogen) atoms. The largest absolute Gasteiger partial charge is 0.747 e. The van der Waals surface area contributed by atoms with Gasteiger partial charge >= 0.3 is 0 Å². The first-order valence-corrected chi connectivity index (χ1v) is 7.39. The van der Waals surface area contributed by atoms with E-state index in [4.69, 9.17) is 0 Å². The van der Waals surface area contributed by atoms with Crippen molar-refractivity contribution in [2.24, 2.45) is 16.7 Å². The molecule has 6 heteroatoms. The Morgan fingerprint density at radius 3 is 2.12 bits per heavy atom. The molecule has 0 amide bonds. The molecule has 2 rings (SSSR count). The van der Waals surface area contributed by atoms with Crippen molar-refractivity contribution in [3.63, 3.8) is 0 Å². The monoisotopic (exact) mass is 309 g/mol. The number of hydrogen-bond acceptors (Lipinski definition) is 4. The van der Waals surface area contributed by atoms with Crippen LogP contribution in [0.2, 0.25) is 0 Å². The second-order valence-corrected chi connectivity index (χ2v) is 8.90. The third-order valence-electron chi connectivity index (χ3n) is 4.85. The fourth-order valence-electron chi connectivity index (χ4n) is 3.38. The van der Waals surface area contributed by atoms with Crippen LogP contribution in [0.25, 0.3) is 0 Å². The standard InChI is InChI=1S/C10H15BrO4S/c1-8(2)6-4-5-9(8,3)7(12)10(6,11)16(13,14)15/h6H,4-5H2,1-3H3,(H,13,14,15)/p-1. The van der Waals surface area contributed by atoms with Crippen LogP contribution in [0.3, 0.4) is 0 Å². The van der Waals surface area contributed by atoms with E-state index in [9.17, 15) is 17.8 Å². The minimum Gasteiger partial charge on any atom is -0.747 e. The first kappa shape index (κ1) is 12.5. The third-order valence-corrected chi connectivity index (χ3v) is 8.15. The Kier molecular flexibility index (Phi) is 2.27. The molecule has 2 fully saturated rings. The van der Waals surface area contributed by atoms with E-state index in [2.05, 4.69) is 15.9 Å². The highest BCUT2D eigenvalue weighted by molar-refractivity contribution is 9.12. The first-order chi connectivity index (χ1) is 6.99. The van der Waals surface area contributed by atoms with Gasteiger partial charge in [-0.15, -0.1) is 0 Å². The highest BCUT2D eigenvalue weighted by atomic mass is 79.9. The molecule has 4 nitrogen and oxygen atoms in total. The maximum atomic E-state index is 12.2. The Hall–Kier alpha value is 0.0600. The summed E-state index contributed by atoms with van der Waals surface area (Å²) >= 11 is 2.95. The number of carbonyl (C=O) groups excluding carboxylic acids is 1. The van der Waals surface area contributed by atoms with E-state index in [-0.39, 0.29) is 0 Å². The molecule has 3 unspecified atom stereocenters. The Morgan fingerprint density at radius 2 is 1.88 bits per heavy atom. The van der Waals surface area contributed by atoms with Gasteiger partial charge in [-0.25, -0.2) is 8.42 Å². The van der Waals surface area contributed by atoms with E-state index in [0.29, 0.717) is 12.8 Å². The summed E-state index contributed by atoms with van der Waals surface area (Å²) in [5.74, 6) is -0.892. The van der Waals surface area contributed by atoms with Gasteiger partial charge in [0.25, 0.3) is 0 Å². The molecule has 0 aromatic rings. The lowest BCUT2D eigenvalue weighted by Gasteiger charge is -2.34. The number of hydrogen-bond donors (Lipinski definition) is 0. The zero-order valence-electron chi connectivity index (χ0n) is 9.41. The average molecular weight is 310 g/mol. The molecule has 0 heterocycles. The van der Waals surface area contributed by atoms with Gasteiger partial charge in [0.05, 0.1) is 0 Å². The van der Waals surface area contributed by atoms with E-state index < -0.39 is 36.3 Å². The van der Waals surface area contributed by atoms with E-state index >= 15 is 0 Å². The Balaban J connectivity index is 2.70. The number of fused-ring (bicyclic) bond motifs is 2. The van der Waals surface area contributed by atoms with Crippen molar-refractivity contribution >= 4 is 31.8 Å². The molecule has 2 saturated carbocycles. The molecule has 0 spiro atoms. The molecular weight excluding hydrogens is 296 g/mol. The van der Waals surface area contributed by atoms with E-state index in [1.54, 1.807) is 6.92 Å². The smallest absolute Gasteiger partial charge is 0.177 e. The van der Waals surface area contributed by atoms with Crippen molar-refractivity contribution in [3.8, 4) is 0 Å². The number of alkyl halides is 1. The summed E-state index contributed by atoms with van der Waals surface area (Å²) in [4.78, 5) is 12.2. The van der Waals surface area contributed by atoms with Crippen LogP contribution >= 0.6 is 15.9 Å². The molecule has 2 aliphatic rings. The predicted octanol–water partition coefficient (Wildman–Crippen LogP) is 1.65. The quantitative estimate of drug-likeness (QED) is 0.545. The van der Waals surface area contributed by atoms with Gasteiger partial charge in [-0.2, -0.15) is 0 Å². The fourth-order valence-corrected chi connectivity index (χ4v) is 5.83. The molecule has 0 radical (unpaired) electrons. The summed E-state index contributed by atoms with van der Waals surface area (Å²) in [5.41, 5.74) is -1.16. The van der Waals surface area contributed by atoms with Crippen molar-refractivity contribution < 1.29 is 17.8 Å². The van der Waals surface area contributed by atoms with Crippen LogP contribution in [0.5, 0.6) is 0 Å². The van der Waals surface area contributed by atoms with Gasteiger partial charge < -0.3 is 4.55 Å². The molecule has 0 saturated heterocycles. The van der Waals surface area contributed by atoms with E-state index in [1.807, 2.05) is 13.8 Å². The van der Waals surface area contributed by atoms with Crippen molar-refractivity contribution in [2.75, 3.05) is 0 Å². The summed E-state index contributed by atoms with van der Waals surface area (Å²) < 4.78 is 32.2. The second-order valence-electron chi connectivity index (χ2n) is 5.57. The second kappa shape index (κ2) is 2.90. The van der Waals surface area contributed by atoms with Gasteiger partial charge in [-0.3, -0.25) is 4.79 Å². The van der Waals surface area contributed by atoms with Crippen molar-refractivity contribution in [3.05, 3.63) is 0 Å². The lowest BCUT2D eigenvalue weighted by molar-refractivity contribution is -0.128. The Morgan fingerprint density at radius 1 is 1.38 bits per heavy atom. The van der Waals surface area contributed by atoms with Crippen molar-refractivity contribution in [1.29, 1.82) is 0 Å². The molecule has 3 atom stereocenters. The lowest BCUT2D eigenvalue weighted by Crippen LogP contribution is -2.47. The number of carbonyl (C=O) groups is 1. The molecule has 0 N–H and O–H groups in total. The van der Waals surface area contributed by atoms with Crippen LogP contribution < -0.4 is 0 Å². The van der Waals surface area contributed by atoms with Gasteiger partial charge in [-0.1, -0.05) is 36.7 Å². The average Bonchev–Trinajstić information content (AvgIpc) is 2.39. The number of rotatable bonds is 1. The van der Waals surface area contributed by atoms with Crippen LogP contribution in [0.1, 0.15) is 33.6 Å². The molecule has 0 aromatic heterocycles. The molecular formula is C10H14BrO4S-. The Labute approximate surface area is 104 Å². The normalized spacial score (nSPS) is 46.3. The summed E-state index contributed by atoms with van der Waals surface area (Å²) in [7, 11) is -4.67. The number of ketones is 1. The molecule has 2 aliphatic carbocycles. The van der Waals surface area contributed by atoms with Crippen LogP contribution in [0, 0.1) is 16.7 Å². The molecule has 92 valence electrons. The maximum Gasteiger partial charge on any atom is 0.177 e. The zero-order chi connectivity index (χ0) is 12.6. The number of Topliss-reactive ketones (excluding diaryl/α,β-unsaturated/α-hetero) is 1. The zero-order valence-corrected chi connectivity index (χ0v) is 11.8. The molecule has 2 bridgehead atoms. The molecule has 0 aromatic carbocycles. The van der Waals surface area contributed by atoms with Gasteiger partial charge in [0.2, 0.25) is 0 Å². The maximum absolute atomic E-state index is 12.2. The summed E-state index contributed by atoms with van der Waals surface area (Å²) in [6, 6.07) is 0. The van der Waals surface area contributed by atoms with Crippen LogP contribution in [-0.4, -0.2) is 22.4 Å². The van der Waals surface area contributed by atoms with Gasteiger partial charge in [0.1, 0.15) is 10.1 Å². The minimum absolute atomic E-state index is 0.431. The van der Waals surface area contributed by atoms with Crippen molar-refractivity contribution in [2.45, 2.75) is 37.3 Å². The van der Waals surface area contributed by atoms with Crippen LogP contribution in [0.15, 0.2) is 0 Å². The highest BCUT2D eigenvalue weighted by Crippen LogP contribution is 2.70. The van der Waals surface area contributed by atoms with E-state index in [1.165, 1.54) is 0 Å². The highest BCUT2D eigenvalue weighted by Gasteiger charge is 2.74. The van der Waals surface area contributed by atoms with Crippen molar-refractivity contribution in [1.82, 2.24) is 0 Å². The Bertz CT molecular complexity index is 469. The summed E-state index contributed by atoms with van der Waals surface area (Å²) in [6.07, 6.45) is 1.26. The fraction of sp³-hybridized carbons (Fsp3) is 0.900. The van der Waals surface area contributed by atoms with Crippen LogP contribution in [-0.2, 0) is 14.9 Å². The van der Waals surface area contributed by atoms with Gasteiger partial charge in [-0.05, 0) is 18.3 Å². The SMILES string of the molecule is CC12CCC(C1(C)C)C(Br)(S(=O)(=O)[O-])C2=O. The lowest BCUT2D eigenvalue weighted by atomic mass is 9.70. The summed E-state index contributed by atoms with van der Waals surface area (Å²) in [6.45, 7) is 5.51. The molecule has 0 aliphatic heterocycles. The topological polar surface area (TPSA) is 74.3 Å². The summed E-state index contributed by atoms with van der Waals surface area (Å²) in [5, 5.41) is 0. The van der Waals surface area contributed by atoms with E-state index in [0.717, 1.165) is 0 Å². The van der Waals surface area contributed by atoms with Gasteiger partial charge in [0.15, 0.2) is 9.44 Å².